The third kappa shape index (κ3) is 3.96. The molecule has 1 aliphatic heterocycles. The van der Waals surface area contributed by atoms with Gasteiger partial charge in [-0.1, -0.05) is 18.2 Å². The summed E-state index contributed by atoms with van der Waals surface area (Å²) >= 11 is 0. The van der Waals surface area contributed by atoms with Crippen molar-refractivity contribution in [1.82, 2.24) is 24.2 Å². The van der Waals surface area contributed by atoms with Crippen LogP contribution < -0.4 is 15.5 Å². The average Bonchev–Trinajstić information content (AvgIpc) is 3.33. The predicted molar refractivity (Wildman–Crippen MR) is 137 cm³/mol. The molecule has 35 heavy (non-hydrogen) atoms. The van der Waals surface area contributed by atoms with Crippen molar-refractivity contribution in [1.29, 1.82) is 0 Å². The normalized spacial score (nSPS) is 14.5. The highest BCUT2D eigenvalue weighted by Gasteiger charge is 2.23. The monoisotopic (exact) mass is 485 g/mol. The molecule has 2 N–H and O–H groups in total. The van der Waals surface area contributed by atoms with Crippen LogP contribution in [0.1, 0.15) is 0 Å². The Morgan fingerprint density at radius 1 is 0.886 bits per heavy atom. The number of benzene rings is 2. The molecule has 0 aliphatic carbocycles. The lowest BCUT2D eigenvalue weighted by Gasteiger charge is -2.29. The van der Waals surface area contributed by atoms with Gasteiger partial charge in [0, 0.05) is 66.9 Å². The maximum absolute atomic E-state index is 13.6. The van der Waals surface area contributed by atoms with Gasteiger partial charge in [0.15, 0.2) is 5.65 Å². The highest BCUT2D eigenvalue weighted by molar-refractivity contribution is 7.90. The standard InChI is InChI=1S/C25H23N7O2S/c33-35(34,22-5-1-3-18-4-2-11-27-23(18)22)32-14-10-19-17-28-25(30-24(19)32)29-20-6-8-21(9-7-20)31-15-12-26-13-16-31/h1-11,14,17,26H,12-13,15-16H2,(H,28,29,30). The molecule has 0 atom stereocenters. The molecule has 1 saturated heterocycles. The van der Waals surface area contributed by atoms with Crippen molar-refractivity contribution in [3.8, 4) is 0 Å². The molecule has 0 amide bonds. The molecule has 4 heterocycles. The number of aromatic nitrogens is 4. The molecule has 5 aromatic rings. The lowest BCUT2D eigenvalue weighted by Crippen LogP contribution is -2.43. The Hall–Kier alpha value is -4.02. The van der Waals surface area contributed by atoms with Crippen molar-refractivity contribution in [3.05, 3.63) is 79.3 Å². The number of fused-ring (bicyclic) bond motifs is 2. The molecule has 1 aliphatic rings. The van der Waals surface area contributed by atoms with Crippen LogP contribution in [0.5, 0.6) is 0 Å². The van der Waals surface area contributed by atoms with E-state index in [-0.39, 0.29) is 4.90 Å². The Bertz CT molecular complexity index is 1620. The van der Waals surface area contributed by atoms with Gasteiger partial charge < -0.3 is 15.5 Å². The van der Waals surface area contributed by atoms with Gasteiger partial charge in [-0.2, -0.15) is 4.98 Å². The SMILES string of the molecule is O=S(=O)(c1cccc2cccnc12)n1ccc2cnc(Nc3ccc(N4CCNCC4)cc3)nc21. The Balaban J connectivity index is 1.33. The Kier molecular flexibility index (Phi) is 5.31. The minimum absolute atomic E-state index is 0.129. The summed E-state index contributed by atoms with van der Waals surface area (Å²) in [5, 5.41) is 7.93. The predicted octanol–water partition coefficient (Wildman–Crippen LogP) is 3.37. The van der Waals surface area contributed by atoms with E-state index in [1.807, 2.05) is 24.3 Å². The fraction of sp³-hybridized carbons (Fsp3) is 0.160. The van der Waals surface area contributed by atoms with E-state index in [2.05, 4.69) is 42.6 Å². The number of para-hydroxylation sites is 1. The molecule has 0 spiro atoms. The molecule has 0 radical (unpaired) electrons. The Morgan fingerprint density at radius 2 is 1.69 bits per heavy atom. The minimum atomic E-state index is -3.93. The maximum atomic E-state index is 13.6. The summed E-state index contributed by atoms with van der Waals surface area (Å²) in [6.07, 6.45) is 4.71. The van der Waals surface area contributed by atoms with Crippen molar-refractivity contribution >= 4 is 49.3 Å². The second-order valence-corrected chi connectivity index (χ2v) is 10.1. The second kappa shape index (κ2) is 8.64. The number of nitrogens with one attached hydrogen (secondary N) is 2. The van der Waals surface area contributed by atoms with E-state index in [0.717, 1.165) is 42.9 Å². The van der Waals surface area contributed by atoms with E-state index in [0.29, 0.717) is 22.5 Å². The summed E-state index contributed by atoms with van der Waals surface area (Å²) in [6, 6.07) is 18.5. The van der Waals surface area contributed by atoms with Gasteiger partial charge in [-0.15, -0.1) is 0 Å². The molecule has 2 aromatic carbocycles. The fourth-order valence-electron chi connectivity index (χ4n) is 4.35. The van der Waals surface area contributed by atoms with Gasteiger partial charge in [0.05, 0.1) is 5.52 Å². The summed E-state index contributed by atoms with van der Waals surface area (Å²) in [4.78, 5) is 15.7. The van der Waals surface area contributed by atoms with Gasteiger partial charge in [-0.05, 0) is 42.5 Å². The number of anilines is 3. The van der Waals surface area contributed by atoms with E-state index in [9.17, 15) is 8.42 Å². The lowest BCUT2D eigenvalue weighted by molar-refractivity contribution is 0.589. The van der Waals surface area contributed by atoms with Crippen molar-refractivity contribution < 1.29 is 8.42 Å². The Morgan fingerprint density at radius 3 is 2.51 bits per heavy atom. The second-order valence-electron chi connectivity index (χ2n) is 8.33. The highest BCUT2D eigenvalue weighted by atomic mass is 32.2. The third-order valence-electron chi connectivity index (χ3n) is 6.13. The van der Waals surface area contributed by atoms with Crippen LogP contribution in [0, 0.1) is 0 Å². The highest BCUT2D eigenvalue weighted by Crippen LogP contribution is 2.27. The van der Waals surface area contributed by atoms with E-state index in [4.69, 9.17) is 0 Å². The molecule has 9 nitrogen and oxygen atoms in total. The molecule has 3 aromatic heterocycles. The molecular weight excluding hydrogens is 462 g/mol. The Labute approximate surface area is 202 Å². The molecule has 0 unspecified atom stereocenters. The summed E-state index contributed by atoms with van der Waals surface area (Å²) in [5.74, 6) is 0.318. The molecule has 6 rings (SSSR count). The van der Waals surface area contributed by atoms with Crippen molar-refractivity contribution in [3.63, 3.8) is 0 Å². The summed E-state index contributed by atoms with van der Waals surface area (Å²) in [6.45, 7) is 3.91. The first-order chi connectivity index (χ1) is 17.1. The molecule has 176 valence electrons. The van der Waals surface area contributed by atoms with Gasteiger partial charge in [-0.25, -0.2) is 17.4 Å². The zero-order chi connectivity index (χ0) is 23.8. The summed E-state index contributed by atoms with van der Waals surface area (Å²) < 4.78 is 28.4. The van der Waals surface area contributed by atoms with Gasteiger partial charge in [-0.3, -0.25) is 4.98 Å². The fourth-order valence-corrected chi connectivity index (χ4v) is 5.82. The molecule has 10 heteroatoms. The van der Waals surface area contributed by atoms with Crippen molar-refractivity contribution in [2.45, 2.75) is 4.90 Å². The van der Waals surface area contributed by atoms with Crippen LogP contribution in [0.2, 0.25) is 0 Å². The van der Waals surface area contributed by atoms with E-state index >= 15 is 0 Å². The first-order valence-electron chi connectivity index (χ1n) is 11.4. The maximum Gasteiger partial charge on any atom is 0.271 e. The van der Waals surface area contributed by atoms with Crippen LogP contribution in [0.3, 0.4) is 0 Å². The van der Waals surface area contributed by atoms with Crippen molar-refractivity contribution in [2.75, 3.05) is 36.4 Å². The van der Waals surface area contributed by atoms with Crippen LogP contribution in [0.15, 0.2) is 84.1 Å². The van der Waals surface area contributed by atoms with E-state index in [1.165, 1.54) is 10.2 Å². The third-order valence-corrected chi connectivity index (χ3v) is 7.83. The summed E-state index contributed by atoms with van der Waals surface area (Å²) in [5.41, 5.74) is 2.71. The number of nitrogens with zero attached hydrogens (tertiary/aromatic N) is 5. The first-order valence-corrected chi connectivity index (χ1v) is 12.8. The van der Waals surface area contributed by atoms with Crippen LogP contribution >= 0.6 is 0 Å². The topological polar surface area (TPSA) is 105 Å². The number of rotatable bonds is 5. The number of hydrogen-bond donors (Lipinski definition) is 2. The summed E-state index contributed by atoms with van der Waals surface area (Å²) in [7, 11) is -3.93. The first kappa shape index (κ1) is 21.5. The van der Waals surface area contributed by atoms with Crippen molar-refractivity contribution in [2.24, 2.45) is 0 Å². The zero-order valence-corrected chi connectivity index (χ0v) is 19.6. The molecule has 0 bridgehead atoms. The van der Waals surface area contributed by atoms with E-state index in [1.54, 1.807) is 36.7 Å². The van der Waals surface area contributed by atoms with Gasteiger partial charge in [0.2, 0.25) is 5.95 Å². The van der Waals surface area contributed by atoms with Crippen LogP contribution in [-0.4, -0.2) is 53.5 Å². The van der Waals surface area contributed by atoms with Crippen LogP contribution in [0.4, 0.5) is 17.3 Å². The molecule has 1 fully saturated rings. The van der Waals surface area contributed by atoms with Crippen LogP contribution in [0.25, 0.3) is 21.9 Å². The smallest absolute Gasteiger partial charge is 0.271 e. The quantitative estimate of drug-likeness (QED) is 0.390. The number of piperazine rings is 1. The van der Waals surface area contributed by atoms with Gasteiger partial charge >= 0.3 is 0 Å². The van der Waals surface area contributed by atoms with Crippen LogP contribution in [-0.2, 0) is 10.0 Å². The molecule has 0 saturated carbocycles. The van der Waals surface area contributed by atoms with Gasteiger partial charge in [0.1, 0.15) is 4.90 Å². The van der Waals surface area contributed by atoms with E-state index < -0.39 is 10.0 Å². The number of hydrogen-bond acceptors (Lipinski definition) is 8. The largest absolute Gasteiger partial charge is 0.369 e. The minimum Gasteiger partial charge on any atom is -0.369 e. The zero-order valence-electron chi connectivity index (χ0n) is 18.8. The van der Waals surface area contributed by atoms with Gasteiger partial charge in [0.25, 0.3) is 10.0 Å². The number of pyridine rings is 1. The average molecular weight is 486 g/mol. The lowest BCUT2D eigenvalue weighted by atomic mass is 10.2. The molecular formula is C25H23N7O2S.